The molecular formula is C15H24BN3O7S. The normalized spacial score (nSPS) is 12.2. The minimum Gasteiger partial charge on any atom is -0.480 e. The molecule has 27 heavy (non-hydrogen) atoms. The Morgan fingerprint density at radius 3 is 2.48 bits per heavy atom. The molecule has 1 atom stereocenters. The van der Waals surface area contributed by atoms with Gasteiger partial charge in [-0.1, -0.05) is 30.3 Å². The van der Waals surface area contributed by atoms with E-state index >= 15 is 0 Å². The molecule has 5 N–H and O–H groups in total. The molecule has 1 aromatic rings. The molecule has 1 rings (SSSR count). The van der Waals surface area contributed by atoms with Crippen LogP contribution in [0.5, 0.6) is 0 Å². The fourth-order valence-corrected chi connectivity index (χ4v) is 3.06. The van der Waals surface area contributed by atoms with Gasteiger partial charge in [0.1, 0.15) is 12.6 Å². The number of aliphatic carboxylic acids is 1. The smallest absolute Gasteiger partial charge is 0.408 e. The number of ether oxygens (including phenoxy) is 1. The van der Waals surface area contributed by atoms with Crippen LogP contribution < -0.4 is 14.7 Å². The number of amides is 1. The van der Waals surface area contributed by atoms with Gasteiger partial charge in [0.2, 0.25) is 0 Å². The summed E-state index contributed by atoms with van der Waals surface area (Å²) in [5.41, 5.74) is 0.776. The Bertz CT molecular complexity index is 701. The third-order valence-electron chi connectivity index (χ3n) is 3.34. The molecule has 0 aromatic heterocycles. The van der Waals surface area contributed by atoms with E-state index in [1.54, 1.807) is 24.3 Å². The molecule has 12 heteroatoms. The van der Waals surface area contributed by atoms with Gasteiger partial charge < -0.3 is 20.2 Å². The summed E-state index contributed by atoms with van der Waals surface area (Å²) in [4.78, 5) is 23.0. The molecule has 0 fully saturated rings. The van der Waals surface area contributed by atoms with Crippen LogP contribution in [0.3, 0.4) is 0 Å². The molecule has 150 valence electrons. The predicted molar refractivity (Wildman–Crippen MR) is 98.9 cm³/mol. The summed E-state index contributed by atoms with van der Waals surface area (Å²) in [6.07, 6.45) is -0.0206. The first-order chi connectivity index (χ1) is 12.7. The van der Waals surface area contributed by atoms with Crippen LogP contribution in [0.2, 0.25) is 6.82 Å². The molecular weight excluding hydrogens is 377 g/mol. The molecule has 0 unspecified atom stereocenters. The summed E-state index contributed by atoms with van der Waals surface area (Å²) in [7, 11) is -5.02. The Kier molecular flexibility index (Phi) is 9.79. The number of unbranched alkanes of at least 4 members (excludes halogenated alkanes) is 1. The van der Waals surface area contributed by atoms with Gasteiger partial charge in [0.15, 0.2) is 0 Å². The fourth-order valence-electron chi connectivity index (χ4n) is 2.11. The van der Waals surface area contributed by atoms with E-state index in [-0.39, 0.29) is 19.6 Å². The molecule has 0 heterocycles. The first-order valence-electron chi connectivity index (χ1n) is 8.34. The van der Waals surface area contributed by atoms with Gasteiger partial charge in [-0.15, -0.1) is 0 Å². The van der Waals surface area contributed by atoms with E-state index in [4.69, 9.17) is 9.76 Å². The zero-order chi connectivity index (χ0) is 20.3. The van der Waals surface area contributed by atoms with E-state index in [1.165, 1.54) is 6.82 Å². The number of hydrogen-bond donors (Lipinski definition) is 5. The molecule has 0 aliphatic carbocycles. The van der Waals surface area contributed by atoms with E-state index in [1.807, 2.05) is 10.7 Å². The van der Waals surface area contributed by atoms with E-state index in [2.05, 4.69) is 10.0 Å². The van der Waals surface area contributed by atoms with Crippen LogP contribution in [0.15, 0.2) is 30.3 Å². The number of benzene rings is 1. The van der Waals surface area contributed by atoms with Crippen molar-refractivity contribution in [2.75, 3.05) is 6.54 Å². The minimum atomic E-state index is -3.81. The summed E-state index contributed by atoms with van der Waals surface area (Å²) in [6.45, 7) is 1.35. The van der Waals surface area contributed by atoms with Crippen molar-refractivity contribution >= 4 is 29.3 Å². The van der Waals surface area contributed by atoms with E-state index in [9.17, 15) is 23.1 Å². The van der Waals surface area contributed by atoms with E-state index in [0.29, 0.717) is 12.8 Å². The number of carbonyl (C=O) groups is 2. The Morgan fingerprint density at radius 1 is 1.22 bits per heavy atom. The van der Waals surface area contributed by atoms with Crippen LogP contribution in [0.1, 0.15) is 24.8 Å². The van der Waals surface area contributed by atoms with Gasteiger partial charge in [-0.2, -0.15) is 8.42 Å². The zero-order valence-electron chi connectivity index (χ0n) is 14.9. The van der Waals surface area contributed by atoms with E-state index in [0.717, 1.165) is 5.56 Å². The maximum absolute atomic E-state index is 11.7. The summed E-state index contributed by atoms with van der Waals surface area (Å²) in [6, 6.07) is 7.82. The Balaban J connectivity index is 2.31. The Labute approximate surface area is 158 Å². The second-order valence-electron chi connectivity index (χ2n) is 5.78. The Hall–Kier alpha value is -2.15. The van der Waals surface area contributed by atoms with Crippen LogP contribution in [-0.4, -0.2) is 50.2 Å². The average Bonchev–Trinajstić information content (AvgIpc) is 2.58. The van der Waals surface area contributed by atoms with Gasteiger partial charge in [-0.25, -0.2) is 18.9 Å². The number of carboxylic acids is 1. The third kappa shape index (κ3) is 10.6. The highest BCUT2D eigenvalue weighted by atomic mass is 32.2. The molecule has 0 spiro atoms. The molecule has 0 aliphatic heterocycles. The van der Waals surface area contributed by atoms with Crippen LogP contribution in [0.25, 0.3) is 0 Å². The number of carboxylic acid groups (broad SMARTS) is 1. The quantitative estimate of drug-likeness (QED) is 0.245. The van der Waals surface area contributed by atoms with Gasteiger partial charge in [-0.3, -0.25) is 0 Å². The molecule has 10 nitrogen and oxygen atoms in total. The van der Waals surface area contributed by atoms with Gasteiger partial charge in [-0.05, 0) is 31.6 Å². The second-order valence-corrected chi connectivity index (χ2v) is 7.32. The van der Waals surface area contributed by atoms with Crippen molar-refractivity contribution < 1.29 is 32.9 Å². The number of hydrogen-bond acceptors (Lipinski definition) is 6. The largest absolute Gasteiger partial charge is 0.480 e. The highest BCUT2D eigenvalue weighted by molar-refractivity contribution is 7.88. The average molecular weight is 401 g/mol. The molecule has 1 amide bonds. The summed E-state index contributed by atoms with van der Waals surface area (Å²) in [5.74, 6) is -1.21. The lowest BCUT2D eigenvalue weighted by Crippen LogP contribution is -2.44. The van der Waals surface area contributed by atoms with Crippen molar-refractivity contribution in [2.24, 2.45) is 0 Å². The lowest BCUT2D eigenvalue weighted by atomic mass is 9.92. The molecule has 0 aliphatic rings. The topological polar surface area (TPSA) is 154 Å². The van der Waals surface area contributed by atoms with Gasteiger partial charge in [0.25, 0.3) is 10.2 Å². The minimum absolute atomic E-state index is 0.0249. The van der Waals surface area contributed by atoms with Gasteiger partial charge in [0.05, 0.1) is 0 Å². The number of nitrogens with one attached hydrogen (secondary N) is 3. The standard InChI is InChI=1S/C15H24BN3O7S/c1-16(23)19-27(24,25)17-10-6-5-9-13(14(20)21)18-15(22)26-11-12-7-3-2-4-8-12/h2-4,7-8,13,17,19,23H,5-6,9-11H2,1H3,(H,18,22)(H,20,21)/t13-/m0/s1. The summed E-state index contributed by atoms with van der Waals surface area (Å²) < 4.78 is 32.0. The van der Waals surface area contributed by atoms with Crippen molar-refractivity contribution in [1.29, 1.82) is 0 Å². The van der Waals surface area contributed by atoms with Crippen molar-refractivity contribution in [3.05, 3.63) is 35.9 Å². The highest BCUT2D eigenvalue weighted by Crippen LogP contribution is 2.04. The molecule has 0 bridgehead atoms. The van der Waals surface area contributed by atoms with Crippen molar-refractivity contribution in [1.82, 2.24) is 14.7 Å². The first kappa shape index (κ1) is 22.9. The molecule has 0 radical (unpaired) electrons. The summed E-state index contributed by atoms with van der Waals surface area (Å²) in [5, 5.41) is 20.4. The van der Waals surface area contributed by atoms with Crippen molar-refractivity contribution in [2.45, 2.75) is 38.7 Å². The van der Waals surface area contributed by atoms with E-state index < -0.39 is 35.4 Å². The van der Waals surface area contributed by atoms with Crippen molar-refractivity contribution in [3.8, 4) is 0 Å². The number of carbonyl (C=O) groups excluding carboxylic acids is 1. The second kappa shape index (κ2) is 11.5. The predicted octanol–water partition coefficient (Wildman–Crippen LogP) is 0.0706. The SMILES string of the molecule is CB(O)NS(=O)(=O)NCCCC[C@H](NC(=O)OCc1ccccc1)C(=O)O. The maximum atomic E-state index is 11.7. The van der Waals surface area contributed by atoms with Crippen LogP contribution in [0, 0.1) is 0 Å². The molecule has 1 aromatic carbocycles. The lowest BCUT2D eigenvalue weighted by Gasteiger charge is -2.15. The molecule has 0 saturated carbocycles. The fraction of sp³-hybridized carbons (Fsp3) is 0.467. The van der Waals surface area contributed by atoms with Crippen LogP contribution in [0.4, 0.5) is 4.79 Å². The number of rotatable bonds is 12. The van der Waals surface area contributed by atoms with Crippen LogP contribution >= 0.6 is 0 Å². The zero-order valence-corrected chi connectivity index (χ0v) is 15.7. The highest BCUT2D eigenvalue weighted by Gasteiger charge is 2.20. The van der Waals surface area contributed by atoms with Gasteiger partial charge in [0, 0.05) is 6.54 Å². The molecule has 0 saturated heterocycles. The Morgan fingerprint density at radius 2 is 1.89 bits per heavy atom. The maximum Gasteiger partial charge on any atom is 0.408 e. The van der Waals surface area contributed by atoms with Crippen LogP contribution in [-0.2, 0) is 26.3 Å². The van der Waals surface area contributed by atoms with Gasteiger partial charge >= 0.3 is 19.1 Å². The lowest BCUT2D eigenvalue weighted by molar-refractivity contribution is -0.139. The first-order valence-corrected chi connectivity index (χ1v) is 9.83. The summed E-state index contributed by atoms with van der Waals surface area (Å²) >= 11 is 0. The third-order valence-corrected chi connectivity index (χ3v) is 4.58. The monoisotopic (exact) mass is 401 g/mol. The van der Waals surface area contributed by atoms with Crippen molar-refractivity contribution in [3.63, 3.8) is 0 Å². The number of alkyl carbamates (subject to hydrolysis) is 1.